The molecule has 1 atom stereocenters. The van der Waals surface area contributed by atoms with Crippen LogP contribution in [0.5, 0.6) is 0 Å². The minimum Gasteiger partial charge on any atom is -0.271 e. The van der Waals surface area contributed by atoms with Gasteiger partial charge in [-0.3, -0.25) is 10.5 Å². The molecule has 1 aromatic carbocycles. The second-order valence-electron chi connectivity index (χ2n) is 4.59. The number of benzene rings is 1. The van der Waals surface area contributed by atoms with Crippen LogP contribution in [0.3, 0.4) is 0 Å². The van der Waals surface area contributed by atoms with E-state index in [0.717, 1.165) is 34.8 Å². The number of hydrogen-bond donors (Lipinski definition) is 2. The van der Waals surface area contributed by atoms with Gasteiger partial charge in [-0.1, -0.05) is 30.7 Å². The number of aryl methyl sites for hydroxylation is 2. The highest BCUT2D eigenvalue weighted by Crippen LogP contribution is 2.25. The number of nitrogens with zero attached hydrogens (tertiary/aromatic N) is 2. The first-order valence-electron chi connectivity index (χ1n) is 6.41. The van der Waals surface area contributed by atoms with Gasteiger partial charge in [0.05, 0.1) is 11.7 Å². The van der Waals surface area contributed by atoms with E-state index >= 15 is 0 Å². The predicted molar refractivity (Wildman–Crippen MR) is 77.9 cm³/mol. The van der Waals surface area contributed by atoms with E-state index in [2.05, 4.69) is 23.5 Å². The van der Waals surface area contributed by atoms with E-state index in [0.29, 0.717) is 0 Å². The zero-order valence-corrected chi connectivity index (χ0v) is 12.0. The molecule has 0 aliphatic heterocycles. The van der Waals surface area contributed by atoms with Crippen LogP contribution in [0.15, 0.2) is 30.5 Å². The summed E-state index contributed by atoms with van der Waals surface area (Å²) in [6.45, 7) is 5.00. The molecule has 0 saturated heterocycles. The minimum absolute atomic E-state index is 0.0787. The average molecular weight is 279 g/mol. The molecular formula is C14H19ClN4. The third kappa shape index (κ3) is 2.97. The van der Waals surface area contributed by atoms with Gasteiger partial charge in [-0.25, -0.2) is 5.43 Å². The Hall–Kier alpha value is -1.36. The molecule has 0 spiro atoms. The molecule has 5 heteroatoms. The van der Waals surface area contributed by atoms with Crippen molar-refractivity contribution in [1.82, 2.24) is 15.2 Å². The number of halogens is 1. The van der Waals surface area contributed by atoms with Gasteiger partial charge < -0.3 is 0 Å². The van der Waals surface area contributed by atoms with Crippen molar-refractivity contribution < 1.29 is 0 Å². The van der Waals surface area contributed by atoms with Crippen molar-refractivity contribution >= 4 is 11.6 Å². The zero-order chi connectivity index (χ0) is 13.8. The van der Waals surface area contributed by atoms with Crippen molar-refractivity contribution in [2.45, 2.75) is 32.9 Å². The summed E-state index contributed by atoms with van der Waals surface area (Å²) in [6, 6.07) is 7.85. The second kappa shape index (κ2) is 6.19. The number of nitrogens with one attached hydrogen (secondary N) is 1. The van der Waals surface area contributed by atoms with Gasteiger partial charge in [0, 0.05) is 17.8 Å². The van der Waals surface area contributed by atoms with Crippen molar-refractivity contribution in [3.63, 3.8) is 0 Å². The maximum Gasteiger partial charge on any atom is 0.0878 e. The standard InChI is InChI=1S/C14H19ClN4/c1-3-8-19-13(6-7-17-19)14(18-16)11-4-5-12(15)10(2)9-11/h4-7,9,14,18H,3,8,16H2,1-2H3. The molecule has 0 radical (unpaired) electrons. The topological polar surface area (TPSA) is 55.9 Å². The molecule has 0 aliphatic rings. The smallest absolute Gasteiger partial charge is 0.0878 e. The maximum absolute atomic E-state index is 6.07. The van der Waals surface area contributed by atoms with Crippen LogP contribution in [-0.2, 0) is 6.54 Å². The Morgan fingerprint density at radius 2 is 2.21 bits per heavy atom. The van der Waals surface area contributed by atoms with Crippen LogP contribution < -0.4 is 11.3 Å². The fraction of sp³-hybridized carbons (Fsp3) is 0.357. The summed E-state index contributed by atoms with van der Waals surface area (Å²) >= 11 is 6.07. The SMILES string of the molecule is CCCn1nccc1C(NN)c1ccc(Cl)c(C)c1. The Balaban J connectivity index is 2.38. The van der Waals surface area contributed by atoms with Gasteiger partial charge in [0.1, 0.15) is 0 Å². The molecule has 0 amide bonds. The highest BCUT2D eigenvalue weighted by molar-refractivity contribution is 6.31. The van der Waals surface area contributed by atoms with Crippen molar-refractivity contribution in [2.24, 2.45) is 5.84 Å². The summed E-state index contributed by atoms with van der Waals surface area (Å²) < 4.78 is 1.98. The first-order valence-corrected chi connectivity index (χ1v) is 6.79. The highest BCUT2D eigenvalue weighted by Gasteiger charge is 2.17. The van der Waals surface area contributed by atoms with Crippen LogP contribution in [0, 0.1) is 6.92 Å². The fourth-order valence-corrected chi connectivity index (χ4v) is 2.30. The van der Waals surface area contributed by atoms with Gasteiger partial charge in [0.2, 0.25) is 0 Å². The Bertz CT molecular complexity index is 550. The molecule has 2 aromatic rings. The summed E-state index contributed by atoms with van der Waals surface area (Å²) in [7, 11) is 0. The van der Waals surface area contributed by atoms with Crippen molar-refractivity contribution in [3.05, 3.63) is 52.3 Å². The number of hydrogen-bond acceptors (Lipinski definition) is 3. The van der Waals surface area contributed by atoms with Gasteiger partial charge in [-0.05, 0) is 36.6 Å². The lowest BCUT2D eigenvalue weighted by Crippen LogP contribution is -2.30. The predicted octanol–water partition coefficient (Wildman–Crippen LogP) is 2.81. The van der Waals surface area contributed by atoms with Gasteiger partial charge >= 0.3 is 0 Å². The largest absolute Gasteiger partial charge is 0.271 e. The van der Waals surface area contributed by atoms with Gasteiger partial charge in [0.15, 0.2) is 0 Å². The molecule has 1 aromatic heterocycles. The molecule has 1 unspecified atom stereocenters. The third-order valence-electron chi connectivity index (χ3n) is 3.16. The fourth-order valence-electron chi connectivity index (χ4n) is 2.19. The van der Waals surface area contributed by atoms with E-state index in [1.807, 2.05) is 29.8 Å². The van der Waals surface area contributed by atoms with Crippen LogP contribution in [0.2, 0.25) is 5.02 Å². The third-order valence-corrected chi connectivity index (χ3v) is 3.59. The average Bonchev–Trinajstić information content (AvgIpc) is 2.83. The molecule has 0 fully saturated rings. The molecule has 0 bridgehead atoms. The van der Waals surface area contributed by atoms with E-state index in [4.69, 9.17) is 17.4 Å². The lowest BCUT2D eigenvalue weighted by Gasteiger charge is -2.18. The molecule has 2 rings (SSSR count). The number of nitrogens with two attached hydrogens (primary N) is 1. The zero-order valence-electron chi connectivity index (χ0n) is 11.2. The summed E-state index contributed by atoms with van der Waals surface area (Å²) in [5, 5.41) is 5.10. The van der Waals surface area contributed by atoms with E-state index in [9.17, 15) is 0 Å². The molecule has 1 heterocycles. The Morgan fingerprint density at radius 3 is 2.84 bits per heavy atom. The molecule has 0 saturated carbocycles. The molecule has 4 nitrogen and oxygen atoms in total. The normalized spacial score (nSPS) is 12.6. The maximum atomic E-state index is 6.07. The summed E-state index contributed by atoms with van der Waals surface area (Å²) in [6.07, 6.45) is 2.84. The lowest BCUT2D eigenvalue weighted by molar-refractivity contribution is 0.521. The van der Waals surface area contributed by atoms with Gasteiger partial charge in [-0.2, -0.15) is 5.10 Å². The van der Waals surface area contributed by atoms with Crippen molar-refractivity contribution in [3.8, 4) is 0 Å². The van der Waals surface area contributed by atoms with Crippen LogP contribution in [-0.4, -0.2) is 9.78 Å². The van der Waals surface area contributed by atoms with Gasteiger partial charge in [0.25, 0.3) is 0 Å². The van der Waals surface area contributed by atoms with E-state index in [1.54, 1.807) is 6.20 Å². The van der Waals surface area contributed by atoms with E-state index in [-0.39, 0.29) is 6.04 Å². The number of aromatic nitrogens is 2. The van der Waals surface area contributed by atoms with E-state index < -0.39 is 0 Å². The van der Waals surface area contributed by atoms with Crippen LogP contribution in [0.1, 0.15) is 36.2 Å². The van der Waals surface area contributed by atoms with Crippen LogP contribution in [0.25, 0.3) is 0 Å². The van der Waals surface area contributed by atoms with Crippen LogP contribution >= 0.6 is 11.6 Å². The Kier molecular flexibility index (Phi) is 4.58. The minimum atomic E-state index is -0.0787. The lowest BCUT2D eigenvalue weighted by atomic mass is 10.0. The molecule has 0 aliphatic carbocycles. The quantitative estimate of drug-likeness (QED) is 0.653. The Morgan fingerprint density at radius 1 is 1.42 bits per heavy atom. The first kappa shape index (κ1) is 14.1. The second-order valence-corrected chi connectivity index (χ2v) is 4.99. The molecule has 19 heavy (non-hydrogen) atoms. The van der Waals surface area contributed by atoms with Crippen molar-refractivity contribution in [1.29, 1.82) is 0 Å². The highest BCUT2D eigenvalue weighted by atomic mass is 35.5. The first-order chi connectivity index (χ1) is 9.17. The monoisotopic (exact) mass is 278 g/mol. The van der Waals surface area contributed by atoms with Crippen molar-refractivity contribution in [2.75, 3.05) is 0 Å². The summed E-state index contributed by atoms with van der Waals surface area (Å²) in [5.74, 6) is 5.73. The molecule has 3 N–H and O–H groups in total. The van der Waals surface area contributed by atoms with Gasteiger partial charge in [-0.15, -0.1) is 0 Å². The van der Waals surface area contributed by atoms with E-state index in [1.165, 1.54) is 0 Å². The number of rotatable bonds is 5. The number of hydrazine groups is 1. The molecular weight excluding hydrogens is 260 g/mol. The molecule has 102 valence electrons. The summed E-state index contributed by atoms with van der Waals surface area (Å²) in [5.41, 5.74) is 6.05. The summed E-state index contributed by atoms with van der Waals surface area (Å²) in [4.78, 5) is 0. The van der Waals surface area contributed by atoms with Crippen LogP contribution in [0.4, 0.5) is 0 Å². The Labute approximate surface area is 118 Å².